The summed E-state index contributed by atoms with van der Waals surface area (Å²) in [4.78, 5) is 11.8. The van der Waals surface area contributed by atoms with Gasteiger partial charge < -0.3 is 15.6 Å². The molecule has 0 aliphatic heterocycles. The summed E-state index contributed by atoms with van der Waals surface area (Å²) in [6.45, 7) is 1.35. The summed E-state index contributed by atoms with van der Waals surface area (Å²) in [5.41, 5.74) is -1.15. The van der Waals surface area contributed by atoms with Crippen molar-refractivity contribution in [3.8, 4) is 5.88 Å². The zero-order chi connectivity index (χ0) is 18.9. The first-order valence-electron chi connectivity index (χ1n) is 6.71. The molecule has 26 heavy (non-hydrogen) atoms. The van der Waals surface area contributed by atoms with Crippen LogP contribution in [0.2, 0.25) is 0 Å². The zero-order valence-electron chi connectivity index (χ0n) is 14.1. The smallest absolute Gasteiger partial charge is 0.859 e. The van der Waals surface area contributed by atoms with Gasteiger partial charge in [0.25, 0.3) is 15.7 Å². The van der Waals surface area contributed by atoms with Gasteiger partial charge in [-0.1, -0.05) is 0 Å². The predicted molar refractivity (Wildman–Crippen MR) is 85.3 cm³/mol. The monoisotopic (exact) mass is 404 g/mol. The third-order valence-electron chi connectivity index (χ3n) is 3.41. The molecule has 0 spiro atoms. The van der Waals surface area contributed by atoms with Crippen LogP contribution in [0.15, 0.2) is 44.2 Å². The van der Waals surface area contributed by atoms with Crippen molar-refractivity contribution in [1.82, 2.24) is 4.57 Å². The van der Waals surface area contributed by atoms with Crippen LogP contribution in [-0.4, -0.2) is 28.5 Å². The van der Waals surface area contributed by atoms with Gasteiger partial charge in [-0.05, 0) is 42.7 Å². The van der Waals surface area contributed by atoms with Crippen LogP contribution in [0.5, 0.6) is 5.88 Å². The SMILES string of the molecule is Cc1c(C(=N)[O-])c(O)n(C)c(=O)c1N=Nc1ccc(S(=O)(=O)O)cc1.[K+]. The number of rotatable bonds is 4. The molecule has 1 aromatic heterocycles. The van der Waals surface area contributed by atoms with Crippen LogP contribution in [0, 0.1) is 12.3 Å². The van der Waals surface area contributed by atoms with Crippen molar-refractivity contribution in [3.05, 3.63) is 45.7 Å². The van der Waals surface area contributed by atoms with Crippen LogP contribution in [0.4, 0.5) is 11.4 Å². The Morgan fingerprint density at radius 2 is 1.77 bits per heavy atom. The summed E-state index contributed by atoms with van der Waals surface area (Å²) in [6, 6.07) is 4.71. The van der Waals surface area contributed by atoms with Gasteiger partial charge in [0, 0.05) is 7.05 Å². The number of aromatic nitrogens is 1. The van der Waals surface area contributed by atoms with Gasteiger partial charge in [0.2, 0.25) is 5.88 Å². The Morgan fingerprint density at radius 1 is 1.23 bits per heavy atom. The van der Waals surface area contributed by atoms with E-state index in [0.717, 1.165) is 16.7 Å². The molecule has 0 amide bonds. The number of azo groups is 1. The quantitative estimate of drug-likeness (QED) is 0.171. The van der Waals surface area contributed by atoms with Crippen molar-refractivity contribution in [1.29, 1.82) is 5.41 Å². The fourth-order valence-corrected chi connectivity index (χ4v) is 2.53. The maximum Gasteiger partial charge on any atom is 1.00 e. The summed E-state index contributed by atoms with van der Waals surface area (Å²) in [5.74, 6) is -1.82. The van der Waals surface area contributed by atoms with Gasteiger partial charge in [-0.2, -0.15) is 13.5 Å². The van der Waals surface area contributed by atoms with Gasteiger partial charge in [-0.25, -0.2) is 0 Å². The van der Waals surface area contributed by atoms with E-state index in [9.17, 15) is 23.4 Å². The Hall–Kier alpha value is -1.41. The van der Waals surface area contributed by atoms with E-state index in [4.69, 9.17) is 9.96 Å². The molecule has 2 aromatic rings. The predicted octanol–water partition coefficient (Wildman–Crippen LogP) is -2.25. The van der Waals surface area contributed by atoms with Gasteiger partial charge in [0.1, 0.15) is 0 Å². The van der Waals surface area contributed by atoms with Crippen molar-refractivity contribution in [3.63, 3.8) is 0 Å². The summed E-state index contributed by atoms with van der Waals surface area (Å²) in [5, 5.41) is 35.9. The molecule has 0 fully saturated rings. The van der Waals surface area contributed by atoms with Gasteiger partial charge >= 0.3 is 51.4 Å². The molecule has 0 saturated heterocycles. The van der Waals surface area contributed by atoms with Crippen LogP contribution in [-0.2, 0) is 17.2 Å². The van der Waals surface area contributed by atoms with Gasteiger partial charge in [0.15, 0.2) is 5.69 Å². The molecule has 10 nitrogen and oxygen atoms in total. The molecule has 0 aliphatic carbocycles. The molecule has 2 rings (SSSR count). The minimum Gasteiger partial charge on any atom is -0.859 e. The van der Waals surface area contributed by atoms with Crippen molar-refractivity contribution >= 4 is 27.4 Å². The number of benzene rings is 1. The Kier molecular flexibility index (Phi) is 7.41. The molecule has 0 bridgehead atoms. The fourth-order valence-electron chi connectivity index (χ4n) is 2.05. The molecule has 0 radical (unpaired) electrons. The first kappa shape index (κ1) is 22.6. The minimum atomic E-state index is -4.34. The molecule has 1 heterocycles. The number of aromatic hydroxyl groups is 1. The van der Waals surface area contributed by atoms with E-state index < -0.39 is 27.5 Å². The van der Waals surface area contributed by atoms with E-state index >= 15 is 0 Å². The van der Waals surface area contributed by atoms with E-state index in [2.05, 4.69) is 10.2 Å². The molecular formula is C14H13KN4O6S. The second-order valence-electron chi connectivity index (χ2n) is 5.03. The second kappa shape index (κ2) is 8.52. The Bertz CT molecular complexity index is 1040. The fraction of sp³-hybridized carbons (Fsp3) is 0.143. The second-order valence-corrected chi connectivity index (χ2v) is 6.46. The van der Waals surface area contributed by atoms with E-state index in [-0.39, 0.29) is 78.8 Å². The average Bonchev–Trinajstić information content (AvgIpc) is 2.52. The van der Waals surface area contributed by atoms with E-state index in [0.29, 0.717) is 0 Å². The summed E-state index contributed by atoms with van der Waals surface area (Å²) >= 11 is 0. The molecule has 12 heteroatoms. The van der Waals surface area contributed by atoms with Gasteiger partial charge in [0.05, 0.1) is 16.1 Å². The number of pyridine rings is 1. The summed E-state index contributed by atoms with van der Waals surface area (Å²) in [6.07, 6.45) is 0. The Morgan fingerprint density at radius 3 is 2.23 bits per heavy atom. The first-order valence-corrected chi connectivity index (χ1v) is 8.15. The van der Waals surface area contributed by atoms with Gasteiger partial charge in [-0.15, -0.1) is 5.11 Å². The summed E-state index contributed by atoms with van der Waals surface area (Å²) in [7, 11) is -3.13. The molecule has 0 atom stereocenters. The van der Waals surface area contributed by atoms with Crippen LogP contribution in [0.3, 0.4) is 0 Å². The van der Waals surface area contributed by atoms with E-state index in [1.165, 1.54) is 26.1 Å². The Balaban J connectivity index is 0.00000338. The number of hydrogen-bond donors (Lipinski definition) is 3. The Labute approximate surface area is 190 Å². The van der Waals surface area contributed by atoms with Crippen molar-refractivity contribution < 1.29 is 74.6 Å². The topological polar surface area (TPSA) is 168 Å². The van der Waals surface area contributed by atoms with E-state index in [1.54, 1.807) is 0 Å². The third-order valence-corrected chi connectivity index (χ3v) is 4.27. The molecular weight excluding hydrogens is 391 g/mol. The first-order chi connectivity index (χ1) is 11.5. The normalized spacial score (nSPS) is 11.3. The van der Waals surface area contributed by atoms with Crippen LogP contribution in [0.25, 0.3) is 0 Å². The standard InChI is InChI=1S/C14H14N4O6S.K/c1-7-10(12(15)19)13(20)18(2)14(21)11(7)17-16-8-3-5-9(6-4-8)25(22,23)24;/h3-6,20H,1-2H3,(H2,15,19)(H,22,23,24);/q;+1/p-1. The molecule has 132 valence electrons. The number of nitrogens with one attached hydrogen (secondary N) is 1. The molecule has 0 aliphatic rings. The molecule has 1 aromatic carbocycles. The maximum atomic E-state index is 12.2. The molecule has 0 unspecified atom stereocenters. The molecule has 3 N–H and O–H groups in total. The van der Waals surface area contributed by atoms with Crippen LogP contribution in [0.1, 0.15) is 11.1 Å². The van der Waals surface area contributed by atoms with Crippen molar-refractivity contribution in [2.45, 2.75) is 11.8 Å². The number of nitrogens with zero attached hydrogens (tertiary/aromatic N) is 3. The maximum absolute atomic E-state index is 12.2. The summed E-state index contributed by atoms with van der Waals surface area (Å²) < 4.78 is 31.6. The van der Waals surface area contributed by atoms with Crippen LogP contribution >= 0.6 is 0 Å². The van der Waals surface area contributed by atoms with Crippen molar-refractivity contribution in [2.24, 2.45) is 17.3 Å². The average molecular weight is 404 g/mol. The van der Waals surface area contributed by atoms with Crippen LogP contribution < -0.4 is 62.1 Å². The number of hydrogen-bond acceptors (Lipinski definition) is 8. The van der Waals surface area contributed by atoms with E-state index in [1.807, 2.05) is 0 Å². The van der Waals surface area contributed by atoms with Crippen molar-refractivity contribution in [2.75, 3.05) is 0 Å². The van der Waals surface area contributed by atoms with Gasteiger partial charge in [-0.3, -0.25) is 13.9 Å². The largest absolute Gasteiger partial charge is 1.00 e. The zero-order valence-corrected chi connectivity index (χ0v) is 18.0. The molecule has 0 saturated carbocycles. The third kappa shape index (κ3) is 4.65. The minimum absolute atomic E-state index is 0.